The van der Waals surface area contributed by atoms with Gasteiger partial charge in [0, 0.05) is 56.8 Å². The average Bonchev–Trinajstić information content (AvgIpc) is 3.45. The van der Waals surface area contributed by atoms with Gasteiger partial charge in [0.25, 0.3) is 11.8 Å². The van der Waals surface area contributed by atoms with Gasteiger partial charge in [-0.15, -0.1) is 11.3 Å². The molecule has 1 N–H and O–H groups in total. The van der Waals surface area contributed by atoms with Crippen molar-refractivity contribution in [3.05, 3.63) is 81.7 Å². The quantitative estimate of drug-likeness (QED) is 0.352. The second-order valence-electron chi connectivity index (χ2n) is 14.1. The summed E-state index contributed by atoms with van der Waals surface area (Å²) in [4.78, 5) is 32.0. The molecule has 2 unspecified atom stereocenters. The first-order valence-electron chi connectivity index (χ1n) is 15.3. The molecule has 0 spiro atoms. The Kier molecular flexibility index (Phi) is 8.01. The van der Waals surface area contributed by atoms with Crippen molar-refractivity contribution in [3.8, 4) is 0 Å². The Morgan fingerprint density at radius 2 is 1.73 bits per heavy atom. The third kappa shape index (κ3) is 5.97. The molecule has 1 aromatic heterocycles. The van der Waals surface area contributed by atoms with Crippen molar-refractivity contribution >= 4 is 38.2 Å². The van der Waals surface area contributed by atoms with E-state index in [1.165, 1.54) is 29.0 Å². The third-order valence-electron chi connectivity index (χ3n) is 9.32. The Bertz CT molecular complexity index is 1680. The number of nitrogens with zero attached hydrogens (tertiary/aromatic N) is 3. The van der Waals surface area contributed by atoms with Crippen LogP contribution in [0.5, 0.6) is 0 Å². The molecule has 234 valence electrons. The van der Waals surface area contributed by atoms with Gasteiger partial charge in [-0.1, -0.05) is 51.1 Å². The molecule has 3 aliphatic rings. The van der Waals surface area contributed by atoms with Crippen LogP contribution in [0.4, 0.5) is 5.00 Å². The molecule has 6 rings (SSSR count). The molecule has 1 saturated carbocycles. The van der Waals surface area contributed by atoms with Crippen LogP contribution < -0.4 is 5.32 Å². The van der Waals surface area contributed by atoms with E-state index >= 15 is 0 Å². The number of carbonyl (C=O) groups is 2. The Hall–Kier alpha value is -3.05. The number of sulfonamides is 1. The minimum Gasteiger partial charge on any atom is -0.345 e. The Balaban J connectivity index is 1.20. The van der Waals surface area contributed by atoms with Crippen LogP contribution in [-0.4, -0.2) is 67.6 Å². The molecule has 3 heterocycles. The highest BCUT2D eigenvalue weighted by atomic mass is 32.2. The topological polar surface area (TPSA) is 90.0 Å². The molecule has 2 bridgehead atoms. The number of nitrogens with one attached hydrogen (secondary N) is 1. The molecule has 8 nitrogen and oxygen atoms in total. The van der Waals surface area contributed by atoms with Gasteiger partial charge in [-0.2, -0.15) is 4.31 Å². The van der Waals surface area contributed by atoms with E-state index in [-0.39, 0.29) is 33.6 Å². The summed E-state index contributed by atoms with van der Waals surface area (Å²) in [5.74, 6) is -0.503. The lowest BCUT2D eigenvalue weighted by Gasteiger charge is -2.39. The summed E-state index contributed by atoms with van der Waals surface area (Å²) in [6.07, 6.45) is 3.48. The molecule has 0 radical (unpaired) electrons. The highest BCUT2D eigenvalue weighted by molar-refractivity contribution is 7.89. The first kappa shape index (κ1) is 31.0. The number of benzene rings is 2. The lowest BCUT2D eigenvalue weighted by atomic mass is 9.65. The van der Waals surface area contributed by atoms with E-state index in [0.29, 0.717) is 29.2 Å². The number of thiophene rings is 1. The van der Waals surface area contributed by atoms with Gasteiger partial charge >= 0.3 is 0 Å². The highest BCUT2D eigenvalue weighted by Gasteiger charge is 2.53. The van der Waals surface area contributed by atoms with Crippen LogP contribution in [0, 0.1) is 10.8 Å². The van der Waals surface area contributed by atoms with Gasteiger partial charge in [0.2, 0.25) is 10.0 Å². The van der Waals surface area contributed by atoms with Crippen molar-refractivity contribution in [3.63, 3.8) is 0 Å². The minimum atomic E-state index is -3.69. The molecular formula is C34H42N4O4S2. The fraction of sp³-hybridized carbons (Fsp3) is 0.471. The van der Waals surface area contributed by atoms with Crippen LogP contribution in [0.3, 0.4) is 0 Å². The Morgan fingerprint density at radius 1 is 1.02 bits per heavy atom. The van der Waals surface area contributed by atoms with E-state index < -0.39 is 10.0 Å². The van der Waals surface area contributed by atoms with Crippen LogP contribution in [0.25, 0.3) is 0 Å². The minimum absolute atomic E-state index is 0.00198. The average molecular weight is 635 g/mol. The van der Waals surface area contributed by atoms with E-state index in [0.717, 1.165) is 49.2 Å². The summed E-state index contributed by atoms with van der Waals surface area (Å²) in [7, 11) is -0.252. The van der Waals surface area contributed by atoms with Crippen molar-refractivity contribution in [2.75, 3.05) is 32.5 Å². The summed E-state index contributed by atoms with van der Waals surface area (Å²) in [6.45, 7) is 9.53. The van der Waals surface area contributed by atoms with Gasteiger partial charge in [-0.25, -0.2) is 8.42 Å². The maximum absolute atomic E-state index is 13.7. The molecule has 2 aromatic carbocycles. The zero-order chi connectivity index (χ0) is 31.4. The van der Waals surface area contributed by atoms with Crippen molar-refractivity contribution in [2.24, 2.45) is 10.8 Å². The number of hydrogen-bond donors (Lipinski definition) is 1. The normalized spacial score (nSPS) is 23.2. The first-order chi connectivity index (χ1) is 20.7. The number of amides is 2. The van der Waals surface area contributed by atoms with Gasteiger partial charge < -0.3 is 10.2 Å². The number of hydrogen-bond acceptors (Lipinski definition) is 6. The lowest BCUT2D eigenvalue weighted by molar-refractivity contribution is 0.0827. The molecule has 3 aromatic rings. The van der Waals surface area contributed by atoms with Crippen LogP contribution in [0.1, 0.15) is 76.8 Å². The fourth-order valence-corrected chi connectivity index (χ4v) is 10.8. The van der Waals surface area contributed by atoms with Crippen LogP contribution >= 0.6 is 11.3 Å². The number of carbonyl (C=O) groups excluding carboxylic acids is 2. The van der Waals surface area contributed by atoms with Crippen LogP contribution in [0.2, 0.25) is 0 Å². The SMILES string of the molecule is CN(C)C(=O)c1c(NC(=O)c2ccc(S(=O)(=O)N3CC4(C)CC3CC(C)(C)C4)cc2)sc2c1CCN(Cc1ccccc1)C2. The summed E-state index contributed by atoms with van der Waals surface area (Å²) < 4.78 is 29.1. The summed E-state index contributed by atoms with van der Waals surface area (Å²) in [6, 6.07) is 16.5. The zero-order valence-corrected chi connectivity index (χ0v) is 27.9. The summed E-state index contributed by atoms with van der Waals surface area (Å²) >= 11 is 1.45. The van der Waals surface area contributed by atoms with Gasteiger partial charge in [0.1, 0.15) is 5.00 Å². The number of anilines is 1. The van der Waals surface area contributed by atoms with Crippen molar-refractivity contribution < 1.29 is 18.0 Å². The standard InChI is InChI=1S/C34H42N4O4S2/c1-33(2)17-25-18-34(3,21-33)22-38(25)44(41,42)26-13-11-24(12-14-26)30(39)35-31-29(32(40)36(4)5)27-15-16-37(20-28(27)43-31)19-23-9-7-6-8-10-23/h6-14,25H,15-22H2,1-5H3,(H,35,39). The van der Waals surface area contributed by atoms with Gasteiger partial charge in [-0.3, -0.25) is 14.5 Å². The smallest absolute Gasteiger partial charge is 0.256 e. The fourth-order valence-electron chi connectivity index (χ4n) is 7.75. The predicted octanol–water partition coefficient (Wildman–Crippen LogP) is 5.85. The largest absolute Gasteiger partial charge is 0.345 e. The Labute approximate surface area is 265 Å². The maximum Gasteiger partial charge on any atom is 0.256 e. The van der Waals surface area contributed by atoms with Crippen LogP contribution in [-0.2, 0) is 29.5 Å². The Morgan fingerprint density at radius 3 is 2.41 bits per heavy atom. The highest BCUT2D eigenvalue weighted by Crippen LogP contribution is 2.53. The van der Waals surface area contributed by atoms with Crippen molar-refractivity contribution in [2.45, 2.75) is 70.5 Å². The van der Waals surface area contributed by atoms with Crippen LogP contribution in [0.15, 0.2) is 59.5 Å². The zero-order valence-electron chi connectivity index (χ0n) is 26.2. The van der Waals surface area contributed by atoms with E-state index in [4.69, 9.17) is 0 Å². The number of fused-ring (bicyclic) bond motifs is 3. The number of rotatable bonds is 7. The lowest BCUT2D eigenvalue weighted by Crippen LogP contribution is -2.37. The molecular weight excluding hydrogens is 593 g/mol. The van der Waals surface area contributed by atoms with Crippen molar-refractivity contribution in [1.29, 1.82) is 0 Å². The molecule has 1 saturated heterocycles. The molecule has 1 aliphatic carbocycles. The second kappa shape index (κ2) is 11.4. The molecule has 2 fully saturated rings. The first-order valence-corrected chi connectivity index (χ1v) is 17.6. The monoisotopic (exact) mass is 634 g/mol. The summed E-state index contributed by atoms with van der Waals surface area (Å²) in [5.41, 5.74) is 3.23. The van der Waals surface area contributed by atoms with E-state index in [1.807, 2.05) is 18.2 Å². The van der Waals surface area contributed by atoms with Gasteiger partial charge in [0.15, 0.2) is 0 Å². The maximum atomic E-state index is 13.7. The molecule has 10 heteroatoms. The van der Waals surface area contributed by atoms with E-state index in [2.05, 4.69) is 43.1 Å². The third-order valence-corrected chi connectivity index (χ3v) is 12.4. The van der Waals surface area contributed by atoms with E-state index in [1.54, 1.807) is 35.4 Å². The van der Waals surface area contributed by atoms with Gasteiger partial charge in [-0.05, 0) is 71.9 Å². The van der Waals surface area contributed by atoms with E-state index in [9.17, 15) is 18.0 Å². The van der Waals surface area contributed by atoms with Crippen molar-refractivity contribution in [1.82, 2.24) is 14.1 Å². The molecule has 44 heavy (non-hydrogen) atoms. The van der Waals surface area contributed by atoms with Gasteiger partial charge in [0.05, 0.1) is 10.5 Å². The predicted molar refractivity (Wildman–Crippen MR) is 174 cm³/mol. The molecule has 2 atom stereocenters. The summed E-state index contributed by atoms with van der Waals surface area (Å²) in [5, 5.41) is 3.53. The molecule has 2 amide bonds. The molecule has 2 aliphatic heterocycles. The second-order valence-corrected chi connectivity index (χ2v) is 17.1.